The van der Waals surface area contributed by atoms with Crippen LogP contribution in [0.5, 0.6) is 0 Å². The molecule has 2 rings (SSSR count). The summed E-state index contributed by atoms with van der Waals surface area (Å²) in [5.41, 5.74) is -4.03. The second-order valence-corrected chi connectivity index (χ2v) is 7.43. The molecule has 0 heterocycles. The van der Waals surface area contributed by atoms with E-state index >= 15 is 0 Å². The van der Waals surface area contributed by atoms with Crippen molar-refractivity contribution in [2.75, 3.05) is 6.61 Å². The van der Waals surface area contributed by atoms with E-state index in [0.717, 1.165) is 0 Å². The molecule has 128 valence electrons. The van der Waals surface area contributed by atoms with Crippen molar-refractivity contribution in [3.05, 3.63) is 0 Å². The van der Waals surface area contributed by atoms with Crippen molar-refractivity contribution in [3.8, 4) is 0 Å². The van der Waals surface area contributed by atoms with Gasteiger partial charge >= 0.3 is 12.1 Å². The van der Waals surface area contributed by atoms with Gasteiger partial charge in [-0.25, -0.2) is 8.78 Å². The first-order valence-electron chi connectivity index (χ1n) is 6.94. The second kappa shape index (κ2) is 5.71. The van der Waals surface area contributed by atoms with E-state index in [-0.39, 0.29) is 13.0 Å². The van der Waals surface area contributed by atoms with Crippen LogP contribution in [0.3, 0.4) is 0 Å². The predicted molar refractivity (Wildman–Crippen MR) is 74.7 cm³/mol. The first kappa shape index (κ1) is 18.2. The molecule has 0 aromatic rings. The van der Waals surface area contributed by atoms with E-state index in [1.165, 1.54) is 0 Å². The SMILES string of the molecule is CCC(I)C(=O)OCC1CC2CC1C(O)(C(F)(F)F)C2(F)F. The Morgan fingerprint density at radius 2 is 2.00 bits per heavy atom. The fourth-order valence-corrected chi connectivity index (χ4v) is 3.70. The number of fused-ring (bicyclic) bond motifs is 2. The van der Waals surface area contributed by atoms with Gasteiger partial charge in [0.1, 0.15) is 3.92 Å². The van der Waals surface area contributed by atoms with Crippen LogP contribution in [0.2, 0.25) is 0 Å². The van der Waals surface area contributed by atoms with E-state index in [1.807, 2.05) is 22.6 Å². The molecule has 3 nitrogen and oxygen atoms in total. The number of esters is 1. The molecule has 0 aromatic carbocycles. The van der Waals surface area contributed by atoms with Crippen LogP contribution in [-0.4, -0.2) is 39.3 Å². The van der Waals surface area contributed by atoms with E-state index < -0.39 is 51.8 Å². The highest BCUT2D eigenvalue weighted by molar-refractivity contribution is 14.1. The van der Waals surface area contributed by atoms with Gasteiger partial charge in [0.25, 0.3) is 5.92 Å². The van der Waals surface area contributed by atoms with Crippen LogP contribution in [0.15, 0.2) is 0 Å². The Bertz CT molecular complexity index is 455. The van der Waals surface area contributed by atoms with Gasteiger partial charge in [-0.1, -0.05) is 29.5 Å². The summed E-state index contributed by atoms with van der Waals surface area (Å²) in [6, 6.07) is 0. The monoisotopic (exact) mass is 442 g/mol. The Labute approximate surface area is 137 Å². The van der Waals surface area contributed by atoms with Crippen molar-refractivity contribution in [1.29, 1.82) is 0 Å². The van der Waals surface area contributed by atoms with Crippen LogP contribution in [0.25, 0.3) is 0 Å². The van der Waals surface area contributed by atoms with Gasteiger partial charge in [-0.15, -0.1) is 0 Å². The summed E-state index contributed by atoms with van der Waals surface area (Å²) in [4.78, 5) is 11.6. The van der Waals surface area contributed by atoms with Crippen LogP contribution in [0, 0.1) is 17.8 Å². The quantitative estimate of drug-likeness (QED) is 0.315. The summed E-state index contributed by atoms with van der Waals surface area (Å²) in [5, 5.41) is 9.72. The lowest BCUT2D eigenvalue weighted by molar-refractivity contribution is -0.353. The van der Waals surface area contributed by atoms with E-state index in [1.54, 1.807) is 6.92 Å². The number of carbonyl (C=O) groups is 1. The maximum Gasteiger partial charge on any atom is 0.423 e. The lowest BCUT2D eigenvalue weighted by atomic mass is 9.74. The lowest BCUT2D eigenvalue weighted by Crippen LogP contribution is -2.64. The first-order valence-corrected chi connectivity index (χ1v) is 8.19. The number of hydrogen-bond acceptors (Lipinski definition) is 3. The maximum absolute atomic E-state index is 13.9. The molecule has 0 spiro atoms. The first-order chi connectivity index (χ1) is 9.96. The number of aliphatic hydroxyl groups is 1. The van der Waals surface area contributed by atoms with Crippen molar-refractivity contribution in [2.45, 2.75) is 47.8 Å². The Kier molecular flexibility index (Phi) is 4.71. The molecular formula is C13H16F5IO3. The molecule has 0 aliphatic heterocycles. The number of hydrogen-bond donors (Lipinski definition) is 1. The molecule has 0 radical (unpaired) electrons. The van der Waals surface area contributed by atoms with Gasteiger partial charge in [0.2, 0.25) is 5.60 Å². The standard InChI is InChI=1S/C13H16F5IO3/c1-2-9(19)10(20)22-5-6-3-7-4-8(6)11(21,12(7,14)15)13(16,17)18/h6-9,21H,2-5H2,1H3. The third-order valence-corrected chi connectivity index (χ3v) is 6.13. The van der Waals surface area contributed by atoms with Gasteiger partial charge in [0, 0.05) is 11.8 Å². The third-order valence-electron chi connectivity index (χ3n) is 4.74. The van der Waals surface area contributed by atoms with Gasteiger partial charge in [-0.05, 0) is 25.2 Å². The van der Waals surface area contributed by atoms with Crippen LogP contribution in [0.1, 0.15) is 26.2 Å². The average Bonchev–Trinajstić information content (AvgIpc) is 2.92. The van der Waals surface area contributed by atoms with Crippen LogP contribution in [-0.2, 0) is 9.53 Å². The van der Waals surface area contributed by atoms with Crippen molar-refractivity contribution in [3.63, 3.8) is 0 Å². The lowest BCUT2D eigenvalue weighted by Gasteiger charge is -2.43. The summed E-state index contributed by atoms with van der Waals surface area (Å²) in [5.74, 6) is -8.86. The normalized spacial score (nSPS) is 38.1. The highest BCUT2D eigenvalue weighted by Gasteiger charge is 2.82. The third kappa shape index (κ3) is 2.51. The van der Waals surface area contributed by atoms with Gasteiger partial charge in [-0.2, -0.15) is 13.2 Å². The smallest absolute Gasteiger partial charge is 0.423 e. The highest BCUT2D eigenvalue weighted by Crippen LogP contribution is 2.66. The fraction of sp³-hybridized carbons (Fsp3) is 0.923. The van der Waals surface area contributed by atoms with Crippen molar-refractivity contribution in [2.24, 2.45) is 17.8 Å². The summed E-state index contributed by atoms with van der Waals surface area (Å²) < 4.78 is 71.3. The number of carbonyl (C=O) groups excluding carboxylic acids is 1. The molecule has 0 aromatic heterocycles. The molecular weight excluding hydrogens is 426 g/mol. The molecule has 2 aliphatic rings. The number of halogens is 6. The zero-order valence-corrected chi connectivity index (χ0v) is 13.8. The molecule has 0 amide bonds. The topological polar surface area (TPSA) is 46.5 Å². The summed E-state index contributed by atoms with van der Waals surface area (Å²) in [6.07, 6.45) is -5.51. The molecule has 9 heteroatoms. The molecule has 5 unspecified atom stereocenters. The zero-order chi connectivity index (χ0) is 16.9. The number of ether oxygens (including phenoxy) is 1. The minimum absolute atomic E-state index is 0.179. The van der Waals surface area contributed by atoms with E-state index in [0.29, 0.717) is 6.42 Å². The highest BCUT2D eigenvalue weighted by atomic mass is 127. The summed E-state index contributed by atoms with van der Waals surface area (Å²) >= 11 is 1.84. The summed E-state index contributed by atoms with van der Waals surface area (Å²) in [7, 11) is 0. The fourth-order valence-electron chi connectivity index (χ4n) is 3.52. The molecule has 1 N–H and O–H groups in total. The van der Waals surface area contributed by atoms with E-state index in [9.17, 15) is 31.9 Å². The molecule has 0 saturated heterocycles. The van der Waals surface area contributed by atoms with Crippen LogP contribution >= 0.6 is 22.6 Å². The molecule has 2 bridgehead atoms. The van der Waals surface area contributed by atoms with Crippen LogP contribution < -0.4 is 0 Å². The van der Waals surface area contributed by atoms with Gasteiger partial charge in [0.15, 0.2) is 0 Å². The van der Waals surface area contributed by atoms with Crippen molar-refractivity contribution in [1.82, 2.24) is 0 Å². The predicted octanol–water partition coefficient (Wildman–Crippen LogP) is 3.33. The molecule has 2 fully saturated rings. The Balaban J connectivity index is 2.12. The van der Waals surface area contributed by atoms with Gasteiger partial charge in [0.05, 0.1) is 6.61 Å². The Hall–Kier alpha value is -0.190. The molecule has 2 aliphatic carbocycles. The zero-order valence-electron chi connectivity index (χ0n) is 11.7. The Morgan fingerprint density at radius 1 is 1.41 bits per heavy atom. The minimum Gasteiger partial charge on any atom is -0.465 e. The van der Waals surface area contributed by atoms with Crippen molar-refractivity contribution >= 4 is 28.6 Å². The maximum atomic E-state index is 13.9. The van der Waals surface area contributed by atoms with E-state index in [2.05, 4.69) is 0 Å². The Morgan fingerprint density at radius 3 is 2.45 bits per heavy atom. The summed E-state index contributed by atoms with van der Waals surface area (Å²) in [6.45, 7) is 1.38. The number of alkyl halides is 6. The molecule has 22 heavy (non-hydrogen) atoms. The van der Waals surface area contributed by atoms with E-state index in [4.69, 9.17) is 4.74 Å². The van der Waals surface area contributed by atoms with Crippen LogP contribution in [0.4, 0.5) is 22.0 Å². The average molecular weight is 442 g/mol. The van der Waals surface area contributed by atoms with Gasteiger partial charge in [-0.3, -0.25) is 4.79 Å². The number of rotatable bonds is 4. The molecule has 5 atom stereocenters. The van der Waals surface area contributed by atoms with Gasteiger partial charge < -0.3 is 9.84 Å². The molecule has 2 saturated carbocycles. The largest absolute Gasteiger partial charge is 0.465 e. The van der Waals surface area contributed by atoms with Crippen molar-refractivity contribution < 1.29 is 36.6 Å². The minimum atomic E-state index is -5.42. The second-order valence-electron chi connectivity index (χ2n) is 5.93.